The molecule has 2 heterocycles. The van der Waals surface area contributed by atoms with Gasteiger partial charge in [-0.3, -0.25) is 0 Å². The van der Waals surface area contributed by atoms with Crippen molar-refractivity contribution < 1.29 is 0 Å². The smallest absolute Gasteiger partial charge is 0.137 e. The lowest BCUT2D eigenvalue weighted by Gasteiger charge is -2.05. The second-order valence-electron chi connectivity index (χ2n) is 5.95. The molecule has 0 bridgehead atoms. The van der Waals surface area contributed by atoms with E-state index in [2.05, 4.69) is 68.5 Å². The number of aromatic amines is 2. The lowest BCUT2D eigenvalue weighted by molar-refractivity contribution is 1.15. The lowest BCUT2D eigenvalue weighted by Crippen LogP contribution is -1.83. The van der Waals surface area contributed by atoms with E-state index in [1.165, 1.54) is 11.1 Å². The first-order valence-electron chi connectivity index (χ1n) is 7.93. The minimum absolute atomic E-state index is 0.906. The third-order valence-electron chi connectivity index (χ3n) is 4.09. The summed E-state index contributed by atoms with van der Waals surface area (Å²) < 4.78 is 0. The zero-order chi connectivity index (χ0) is 16.5. The van der Waals surface area contributed by atoms with Crippen LogP contribution in [0.15, 0.2) is 60.9 Å². The maximum Gasteiger partial charge on any atom is 0.137 e. The maximum atomic E-state index is 4.37. The van der Waals surface area contributed by atoms with Gasteiger partial charge in [0.15, 0.2) is 0 Å². The predicted octanol–water partition coefficient (Wildman–Crippen LogP) is 4.75. The van der Waals surface area contributed by atoms with Crippen molar-refractivity contribution in [3.8, 4) is 33.8 Å². The topological polar surface area (TPSA) is 57.4 Å². The summed E-state index contributed by atoms with van der Waals surface area (Å²) in [5, 5.41) is 0. The molecule has 2 N–H and O–H groups in total. The fraction of sp³-hybridized carbons (Fsp3) is 0.100. The molecule has 2 aromatic heterocycles. The van der Waals surface area contributed by atoms with Crippen molar-refractivity contribution >= 4 is 0 Å². The van der Waals surface area contributed by atoms with Gasteiger partial charge in [0.1, 0.15) is 11.6 Å². The van der Waals surface area contributed by atoms with Crippen molar-refractivity contribution in [1.82, 2.24) is 19.9 Å². The van der Waals surface area contributed by atoms with E-state index >= 15 is 0 Å². The van der Waals surface area contributed by atoms with Gasteiger partial charge in [-0.2, -0.15) is 0 Å². The molecule has 4 heteroatoms. The Morgan fingerprint density at radius 1 is 0.625 bits per heavy atom. The minimum Gasteiger partial charge on any atom is -0.342 e. The van der Waals surface area contributed by atoms with E-state index in [0.29, 0.717) is 0 Å². The highest BCUT2D eigenvalue weighted by Gasteiger charge is 2.04. The van der Waals surface area contributed by atoms with Gasteiger partial charge in [-0.1, -0.05) is 48.5 Å². The first kappa shape index (κ1) is 14.5. The van der Waals surface area contributed by atoms with Gasteiger partial charge in [-0.05, 0) is 30.5 Å². The van der Waals surface area contributed by atoms with Crippen LogP contribution in [0, 0.1) is 13.8 Å². The number of H-pyrrole nitrogens is 2. The molecule has 0 aliphatic carbocycles. The molecule has 0 spiro atoms. The molecule has 24 heavy (non-hydrogen) atoms. The summed E-state index contributed by atoms with van der Waals surface area (Å²) in [6, 6.07) is 17.0. The molecule has 4 aromatic rings. The van der Waals surface area contributed by atoms with Crippen molar-refractivity contribution in [2.45, 2.75) is 13.8 Å². The molecule has 0 saturated heterocycles. The summed E-state index contributed by atoms with van der Waals surface area (Å²) in [5.74, 6) is 1.84. The van der Waals surface area contributed by atoms with E-state index in [1.807, 2.05) is 26.2 Å². The molecule has 2 aromatic carbocycles. The van der Waals surface area contributed by atoms with Crippen LogP contribution in [-0.4, -0.2) is 19.9 Å². The van der Waals surface area contributed by atoms with Crippen LogP contribution >= 0.6 is 0 Å². The van der Waals surface area contributed by atoms with Gasteiger partial charge >= 0.3 is 0 Å². The van der Waals surface area contributed by atoms with Crippen LogP contribution in [0.5, 0.6) is 0 Å². The molecule has 0 saturated carbocycles. The van der Waals surface area contributed by atoms with Crippen molar-refractivity contribution in [2.24, 2.45) is 0 Å². The Balaban J connectivity index is 1.59. The Morgan fingerprint density at radius 3 is 1.71 bits per heavy atom. The van der Waals surface area contributed by atoms with Crippen LogP contribution < -0.4 is 0 Å². The number of hydrogen-bond donors (Lipinski definition) is 2. The molecular weight excluding hydrogens is 296 g/mol. The van der Waals surface area contributed by atoms with Gasteiger partial charge in [0, 0.05) is 17.5 Å². The van der Waals surface area contributed by atoms with Crippen LogP contribution in [0.4, 0.5) is 0 Å². The Bertz CT molecular complexity index is 878. The Labute approximate surface area is 140 Å². The number of aryl methyl sites for hydroxylation is 2. The Kier molecular flexibility index (Phi) is 3.50. The average molecular weight is 314 g/mol. The number of nitrogens with one attached hydrogen (secondary N) is 2. The third kappa shape index (κ3) is 2.74. The summed E-state index contributed by atoms with van der Waals surface area (Å²) >= 11 is 0. The van der Waals surface area contributed by atoms with Crippen LogP contribution in [0.2, 0.25) is 0 Å². The summed E-state index contributed by atoms with van der Waals surface area (Å²) in [4.78, 5) is 15.1. The monoisotopic (exact) mass is 314 g/mol. The fourth-order valence-corrected chi connectivity index (χ4v) is 2.79. The molecule has 0 fully saturated rings. The van der Waals surface area contributed by atoms with E-state index in [4.69, 9.17) is 0 Å². The molecule has 4 rings (SSSR count). The van der Waals surface area contributed by atoms with E-state index in [-0.39, 0.29) is 0 Å². The van der Waals surface area contributed by atoms with E-state index in [9.17, 15) is 0 Å². The molecule has 0 unspecified atom stereocenters. The van der Waals surface area contributed by atoms with Crippen molar-refractivity contribution in [3.63, 3.8) is 0 Å². The summed E-state index contributed by atoms with van der Waals surface area (Å²) in [7, 11) is 0. The number of imidazole rings is 2. The molecule has 118 valence electrons. The first-order valence-corrected chi connectivity index (χ1v) is 7.93. The van der Waals surface area contributed by atoms with Gasteiger partial charge in [0.2, 0.25) is 0 Å². The average Bonchev–Trinajstić information content (AvgIpc) is 3.24. The number of aromatic nitrogens is 4. The molecule has 0 atom stereocenters. The Morgan fingerprint density at radius 2 is 1.21 bits per heavy atom. The number of rotatable bonds is 3. The third-order valence-corrected chi connectivity index (χ3v) is 4.09. The lowest BCUT2D eigenvalue weighted by atomic mass is 10.0. The van der Waals surface area contributed by atoms with E-state index in [0.717, 1.165) is 34.2 Å². The number of hydrogen-bond acceptors (Lipinski definition) is 2. The molecule has 0 radical (unpaired) electrons. The second kappa shape index (κ2) is 5.81. The van der Waals surface area contributed by atoms with Crippen molar-refractivity contribution in [3.05, 3.63) is 72.4 Å². The quantitative estimate of drug-likeness (QED) is 0.573. The molecule has 0 aliphatic heterocycles. The molecule has 4 nitrogen and oxygen atoms in total. The number of nitrogens with zero attached hydrogens (tertiary/aromatic N) is 2. The van der Waals surface area contributed by atoms with Gasteiger partial charge in [-0.15, -0.1) is 0 Å². The largest absolute Gasteiger partial charge is 0.342 e. The highest BCUT2D eigenvalue weighted by Crippen LogP contribution is 2.26. The van der Waals surface area contributed by atoms with Crippen molar-refractivity contribution in [2.75, 3.05) is 0 Å². The zero-order valence-corrected chi connectivity index (χ0v) is 13.7. The van der Waals surface area contributed by atoms with Gasteiger partial charge in [-0.25, -0.2) is 9.97 Å². The Hall–Kier alpha value is -3.14. The van der Waals surface area contributed by atoms with Crippen LogP contribution in [-0.2, 0) is 0 Å². The predicted molar refractivity (Wildman–Crippen MR) is 96.5 cm³/mol. The zero-order valence-electron chi connectivity index (χ0n) is 13.7. The summed E-state index contributed by atoms with van der Waals surface area (Å²) in [5.41, 5.74) is 6.73. The van der Waals surface area contributed by atoms with Crippen LogP contribution in [0.1, 0.15) is 11.5 Å². The summed E-state index contributed by atoms with van der Waals surface area (Å²) in [6.07, 6.45) is 3.71. The highest BCUT2D eigenvalue weighted by atomic mass is 14.9. The summed E-state index contributed by atoms with van der Waals surface area (Å²) in [6.45, 7) is 3.97. The van der Waals surface area contributed by atoms with Gasteiger partial charge in [0.25, 0.3) is 0 Å². The van der Waals surface area contributed by atoms with Crippen LogP contribution in [0.25, 0.3) is 33.8 Å². The van der Waals surface area contributed by atoms with E-state index < -0.39 is 0 Å². The second-order valence-corrected chi connectivity index (χ2v) is 5.95. The highest BCUT2D eigenvalue weighted by molar-refractivity contribution is 5.70. The first-order chi connectivity index (χ1) is 11.7. The maximum absolute atomic E-state index is 4.37. The van der Waals surface area contributed by atoms with Crippen LogP contribution in [0.3, 0.4) is 0 Å². The van der Waals surface area contributed by atoms with E-state index in [1.54, 1.807) is 0 Å². The van der Waals surface area contributed by atoms with Crippen molar-refractivity contribution in [1.29, 1.82) is 0 Å². The van der Waals surface area contributed by atoms with Gasteiger partial charge in [0.05, 0.1) is 11.9 Å². The van der Waals surface area contributed by atoms with Gasteiger partial charge < -0.3 is 9.97 Å². The standard InChI is InChI=1S/C20H18N4/c1-13-11-22-20(23-13)18-9-5-16(6-10-18)15-3-7-17(8-4-15)19-12-21-14(2)24-19/h3-12H,1-2H3,(H,21,24)(H,22,23). The number of benzene rings is 2. The molecular formula is C20H18N4. The SMILES string of the molecule is Cc1cnc(-c2ccc(-c3ccc(-c4cnc(C)[nH]4)cc3)cc2)[nH]1. The minimum atomic E-state index is 0.906. The molecule has 0 amide bonds. The fourth-order valence-electron chi connectivity index (χ4n) is 2.79. The molecule has 0 aliphatic rings. The normalized spacial score (nSPS) is 10.9.